The van der Waals surface area contributed by atoms with Crippen molar-refractivity contribution in [3.05, 3.63) is 72.8 Å². The Morgan fingerprint density at radius 1 is 0.684 bits per heavy atom. The minimum atomic E-state index is 1.09. The van der Waals surface area contributed by atoms with E-state index in [1.54, 1.807) is 6.20 Å². The van der Waals surface area contributed by atoms with Crippen molar-refractivity contribution < 1.29 is 0 Å². The molecule has 2 heteroatoms. The van der Waals surface area contributed by atoms with Crippen molar-refractivity contribution in [1.29, 1.82) is 0 Å². The molecular formula is C17H14N2. The monoisotopic (exact) mass is 246 g/mol. The summed E-state index contributed by atoms with van der Waals surface area (Å²) >= 11 is 0. The van der Waals surface area contributed by atoms with E-state index in [4.69, 9.17) is 0 Å². The van der Waals surface area contributed by atoms with Gasteiger partial charge in [-0.05, 0) is 24.6 Å². The van der Waals surface area contributed by atoms with E-state index in [0.29, 0.717) is 0 Å². The van der Waals surface area contributed by atoms with E-state index in [1.807, 2.05) is 30.7 Å². The smallest absolute Gasteiger partial charge is 0.0347 e. The van der Waals surface area contributed by atoms with Crippen LogP contribution in [0.3, 0.4) is 0 Å². The predicted octanol–water partition coefficient (Wildman–Crippen LogP) is 4.12. The van der Waals surface area contributed by atoms with E-state index < -0.39 is 0 Å². The first kappa shape index (κ1) is 11.6. The SMILES string of the molecule is Cc1ccc(-c2cncc(-c3cccnc3)c2)cc1. The van der Waals surface area contributed by atoms with Crippen LogP contribution in [-0.4, -0.2) is 9.97 Å². The Balaban J connectivity index is 2.03. The summed E-state index contributed by atoms with van der Waals surface area (Å²) in [6.07, 6.45) is 7.40. The lowest BCUT2D eigenvalue weighted by Crippen LogP contribution is -1.85. The Morgan fingerprint density at radius 2 is 1.37 bits per heavy atom. The van der Waals surface area contributed by atoms with Crippen LogP contribution < -0.4 is 0 Å². The lowest BCUT2D eigenvalue weighted by molar-refractivity contribution is 1.30. The lowest BCUT2D eigenvalue weighted by atomic mass is 10.0. The van der Waals surface area contributed by atoms with Crippen molar-refractivity contribution >= 4 is 0 Å². The average Bonchev–Trinajstić information content (AvgIpc) is 2.49. The van der Waals surface area contributed by atoms with Crippen LogP contribution in [0.15, 0.2) is 67.3 Å². The fourth-order valence-corrected chi connectivity index (χ4v) is 2.04. The molecule has 0 saturated carbocycles. The minimum Gasteiger partial charge on any atom is -0.264 e. The number of hydrogen-bond donors (Lipinski definition) is 0. The molecule has 0 fully saturated rings. The van der Waals surface area contributed by atoms with E-state index in [2.05, 4.69) is 47.2 Å². The molecule has 0 bridgehead atoms. The molecule has 0 radical (unpaired) electrons. The molecule has 0 saturated heterocycles. The molecule has 0 amide bonds. The van der Waals surface area contributed by atoms with Crippen molar-refractivity contribution in [2.75, 3.05) is 0 Å². The highest BCUT2D eigenvalue weighted by atomic mass is 14.6. The molecule has 0 aliphatic carbocycles. The number of nitrogens with zero attached hydrogens (tertiary/aromatic N) is 2. The fourth-order valence-electron chi connectivity index (χ4n) is 2.04. The summed E-state index contributed by atoms with van der Waals surface area (Å²) in [6, 6.07) is 14.6. The van der Waals surface area contributed by atoms with Gasteiger partial charge < -0.3 is 0 Å². The Morgan fingerprint density at radius 3 is 2.05 bits per heavy atom. The largest absolute Gasteiger partial charge is 0.264 e. The van der Waals surface area contributed by atoms with Gasteiger partial charge in [-0.15, -0.1) is 0 Å². The quantitative estimate of drug-likeness (QED) is 0.679. The van der Waals surface area contributed by atoms with Gasteiger partial charge in [-0.2, -0.15) is 0 Å². The lowest BCUT2D eigenvalue weighted by Gasteiger charge is -2.05. The molecule has 0 atom stereocenters. The number of aryl methyl sites for hydroxylation is 1. The van der Waals surface area contributed by atoms with Crippen LogP contribution in [0.1, 0.15) is 5.56 Å². The van der Waals surface area contributed by atoms with Gasteiger partial charge in [0.05, 0.1) is 0 Å². The third-order valence-electron chi connectivity index (χ3n) is 3.12. The minimum absolute atomic E-state index is 1.09. The van der Waals surface area contributed by atoms with Crippen molar-refractivity contribution in [3.8, 4) is 22.3 Å². The summed E-state index contributed by atoms with van der Waals surface area (Å²) in [7, 11) is 0. The second kappa shape index (κ2) is 5.02. The average molecular weight is 246 g/mol. The Kier molecular flexibility index (Phi) is 3.07. The molecule has 1 aromatic carbocycles. The first-order valence-electron chi connectivity index (χ1n) is 6.25. The van der Waals surface area contributed by atoms with Gasteiger partial charge >= 0.3 is 0 Å². The molecular weight excluding hydrogens is 232 g/mol. The Labute approximate surface area is 112 Å². The van der Waals surface area contributed by atoms with Gasteiger partial charge in [-0.25, -0.2) is 0 Å². The second-order valence-corrected chi connectivity index (χ2v) is 4.57. The molecule has 92 valence electrons. The third kappa shape index (κ3) is 2.52. The van der Waals surface area contributed by atoms with Gasteiger partial charge in [-0.3, -0.25) is 9.97 Å². The molecule has 2 nitrogen and oxygen atoms in total. The molecule has 19 heavy (non-hydrogen) atoms. The van der Waals surface area contributed by atoms with E-state index >= 15 is 0 Å². The van der Waals surface area contributed by atoms with Crippen LogP contribution in [-0.2, 0) is 0 Å². The van der Waals surface area contributed by atoms with Gasteiger partial charge in [-0.1, -0.05) is 35.9 Å². The summed E-state index contributed by atoms with van der Waals surface area (Å²) in [5.74, 6) is 0. The van der Waals surface area contributed by atoms with Crippen molar-refractivity contribution in [2.24, 2.45) is 0 Å². The normalized spacial score (nSPS) is 10.4. The fraction of sp³-hybridized carbons (Fsp3) is 0.0588. The molecule has 3 rings (SSSR count). The molecule has 2 aromatic heterocycles. The van der Waals surface area contributed by atoms with Gasteiger partial charge in [0, 0.05) is 41.5 Å². The number of pyridine rings is 2. The zero-order valence-corrected chi connectivity index (χ0v) is 10.7. The summed E-state index contributed by atoms with van der Waals surface area (Å²) in [6.45, 7) is 2.09. The van der Waals surface area contributed by atoms with Crippen LogP contribution in [0.25, 0.3) is 22.3 Å². The number of hydrogen-bond acceptors (Lipinski definition) is 2. The van der Waals surface area contributed by atoms with Gasteiger partial charge in [0.25, 0.3) is 0 Å². The van der Waals surface area contributed by atoms with Crippen LogP contribution in [0.5, 0.6) is 0 Å². The molecule has 0 N–H and O–H groups in total. The number of rotatable bonds is 2. The summed E-state index contributed by atoms with van der Waals surface area (Å²) in [5, 5.41) is 0. The first-order chi connectivity index (χ1) is 9.33. The van der Waals surface area contributed by atoms with E-state index in [0.717, 1.165) is 16.7 Å². The van der Waals surface area contributed by atoms with Crippen LogP contribution in [0, 0.1) is 6.92 Å². The standard InChI is InChI=1S/C17H14N2/c1-13-4-6-14(7-5-13)16-9-17(12-19-11-16)15-3-2-8-18-10-15/h2-12H,1H3. The Bertz CT molecular complexity index is 673. The molecule has 3 aromatic rings. The predicted molar refractivity (Wildman–Crippen MR) is 77.6 cm³/mol. The van der Waals surface area contributed by atoms with Gasteiger partial charge in [0.2, 0.25) is 0 Å². The van der Waals surface area contributed by atoms with Crippen LogP contribution >= 0.6 is 0 Å². The zero-order valence-electron chi connectivity index (χ0n) is 10.7. The van der Waals surface area contributed by atoms with Crippen molar-refractivity contribution in [2.45, 2.75) is 6.92 Å². The summed E-state index contributed by atoms with van der Waals surface area (Å²) in [5.41, 5.74) is 5.75. The molecule has 0 aliphatic rings. The van der Waals surface area contributed by atoms with E-state index in [1.165, 1.54) is 11.1 Å². The zero-order chi connectivity index (χ0) is 13.1. The van der Waals surface area contributed by atoms with Gasteiger partial charge in [0.1, 0.15) is 0 Å². The third-order valence-corrected chi connectivity index (χ3v) is 3.12. The molecule has 0 aliphatic heterocycles. The molecule has 0 unspecified atom stereocenters. The first-order valence-corrected chi connectivity index (χ1v) is 6.25. The van der Waals surface area contributed by atoms with E-state index in [9.17, 15) is 0 Å². The number of aromatic nitrogens is 2. The van der Waals surface area contributed by atoms with E-state index in [-0.39, 0.29) is 0 Å². The number of benzene rings is 1. The Hall–Kier alpha value is -2.48. The topological polar surface area (TPSA) is 25.8 Å². The van der Waals surface area contributed by atoms with Crippen molar-refractivity contribution in [3.63, 3.8) is 0 Å². The summed E-state index contributed by atoms with van der Waals surface area (Å²) in [4.78, 5) is 8.48. The summed E-state index contributed by atoms with van der Waals surface area (Å²) < 4.78 is 0. The highest BCUT2D eigenvalue weighted by molar-refractivity contribution is 5.71. The molecule has 2 heterocycles. The van der Waals surface area contributed by atoms with Crippen molar-refractivity contribution in [1.82, 2.24) is 9.97 Å². The van der Waals surface area contributed by atoms with Gasteiger partial charge in [0.15, 0.2) is 0 Å². The maximum Gasteiger partial charge on any atom is 0.0347 e. The highest BCUT2D eigenvalue weighted by Crippen LogP contribution is 2.24. The maximum absolute atomic E-state index is 4.33. The molecule has 0 spiro atoms. The highest BCUT2D eigenvalue weighted by Gasteiger charge is 2.02. The van der Waals surface area contributed by atoms with Crippen LogP contribution in [0.4, 0.5) is 0 Å². The van der Waals surface area contributed by atoms with Crippen LogP contribution in [0.2, 0.25) is 0 Å². The maximum atomic E-state index is 4.33. The second-order valence-electron chi connectivity index (χ2n) is 4.57.